The molecule has 0 radical (unpaired) electrons. The maximum atomic E-state index is 13.1. The molecular formula is C28H30N2O2S. The quantitative estimate of drug-likeness (QED) is 0.446. The first-order valence-electron chi connectivity index (χ1n) is 11.5. The highest BCUT2D eigenvalue weighted by Crippen LogP contribution is 2.28. The van der Waals surface area contributed by atoms with Gasteiger partial charge in [-0.3, -0.25) is 9.59 Å². The molecule has 5 heteroatoms. The zero-order valence-corrected chi connectivity index (χ0v) is 19.8. The minimum Gasteiger partial charge on any atom is -0.339 e. The van der Waals surface area contributed by atoms with Gasteiger partial charge in [-0.2, -0.15) is 0 Å². The third kappa shape index (κ3) is 5.99. The number of amides is 2. The number of likely N-dealkylation sites (N-methyl/N-ethyl adjacent to an activating group) is 1. The fraction of sp³-hybridized carbons (Fsp3) is 0.286. The van der Waals surface area contributed by atoms with Gasteiger partial charge in [0.25, 0.3) is 5.91 Å². The van der Waals surface area contributed by atoms with Crippen molar-refractivity contribution in [2.24, 2.45) is 5.92 Å². The molecule has 0 aliphatic carbocycles. The fourth-order valence-electron chi connectivity index (χ4n) is 4.54. The number of benzene rings is 2. The summed E-state index contributed by atoms with van der Waals surface area (Å²) in [6.45, 7) is 1.43. The first kappa shape index (κ1) is 23.0. The topological polar surface area (TPSA) is 40.6 Å². The van der Waals surface area contributed by atoms with E-state index in [1.165, 1.54) is 16.9 Å². The maximum absolute atomic E-state index is 13.1. The number of piperidine rings is 1. The van der Waals surface area contributed by atoms with Gasteiger partial charge in [-0.05, 0) is 53.8 Å². The predicted molar refractivity (Wildman–Crippen MR) is 135 cm³/mol. The van der Waals surface area contributed by atoms with Crippen molar-refractivity contribution >= 4 is 29.2 Å². The molecule has 1 aliphatic rings. The van der Waals surface area contributed by atoms with Crippen LogP contribution in [0.5, 0.6) is 0 Å². The van der Waals surface area contributed by atoms with Crippen LogP contribution in [0.4, 0.5) is 0 Å². The molecule has 2 heterocycles. The first-order valence-corrected chi connectivity index (χ1v) is 12.4. The third-order valence-corrected chi connectivity index (χ3v) is 7.31. The van der Waals surface area contributed by atoms with Gasteiger partial charge in [0.1, 0.15) is 0 Å². The number of carbonyl (C=O) groups excluding carboxylic acids is 2. The molecule has 1 aromatic heterocycles. The van der Waals surface area contributed by atoms with Crippen molar-refractivity contribution in [3.8, 4) is 0 Å². The molecule has 33 heavy (non-hydrogen) atoms. The summed E-state index contributed by atoms with van der Waals surface area (Å²) in [5, 5.41) is 1.94. The number of thiophene rings is 1. The van der Waals surface area contributed by atoms with E-state index in [0.29, 0.717) is 5.92 Å². The van der Waals surface area contributed by atoms with Gasteiger partial charge in [0.2, 0.25) is 5.91 Å². The number of likely N-dealkylation sites (tertiary alicyclic amines) is 1. The Labute approximate surface area is 200 Å². The molecule has 2 aromatic carbocycles. The lowest BCUT2D eigenvalue weighted by Gasteiger charge is -2.40. The summed E-state index contributed by atoms with van der Waals surface area (Å²) in [6, 6.07) is 24.2. The van der Waals surface area contributed by atoms with Crippen LogP contribution in [0.15, 0.2) is 84.3 Å². The summed E-state index contributed by atoms with van der Waals surface area (Å²) in [5.41, 5.74) is 2.26. The van der Waals surface area contributed by atoms with Crippen molar-refractivity contribution in [3.05, 3.63) is 100 Å². The third-order valence-electron chi connectivity index (χ3n) is 6.45. The molecule has 170 valence electrons. The second-order valence-electron chi connectivity index (χ2n) is 8.56. The molecule has 1 atom stereocenters. The molecule has 0 bridgehead atoms. The zero-order valence-electron chi connectivity index (χ0n) is 19.0. The molecule has 0 saturated carbocycles. The Morgan fingerprint density at radius 2 is 1.67 bits per heavy atom. The molecule has 0 unspecified atom stereocenters. The standard InChI is InChI=1S/C28H30N2O2S/c1-29(28(32)26-13-8-20-33-26)25(21-23-11-6-3-7-12-23)24-16-18-30(19-17-24)27(31)15-14-22-9-4-2-5-10-22/h2-15,20,24-25H,16-19,21H2,1H3/b15-14+/t25-/m0/s1. The van der Waals surface area contributed by atoms with Crippen LogP contribution in [-0.4, -0.2) is 47.8 Å². The Kier molecular flexibility index (Phi) is 7.74. The molecule has 0 spiro atoms. The molecule has 4 nitrogen and oxygen atoms in total. The van der Waals surface area contributed by atoms with E-state index in [2.05, 4.69) is 12.1 Å². The minimum absolute atomic E-state index is 0.0555. The van der Waals surface area contributed by atoms with Crippen LogP contribution in [0.25, 0.3) is 6.08 Å². The number of rotatable bonds is 7. The van der Waals surface area contributed by atoms with Crippen molar-refractivity contribution in [3.63, 3.8) is 0 Å². The molecule has 0 N–H and O–H groups in total. The van der Waals surface area contributed by atoms with Crippen LogP contribution in [0, 0.1) is 5.92 Å². The summed E-state index contributed by atoms with van der Waals surface area (Å²) in [5.74, 6) is 0.483. The van der Waals surface area contributed by atoms with E-state index in [1.807, 2.05) is 89.0 Å². The SMILES string of the molecule is CN(C(=O)c1cccs1)[C@@H](Cc1ccccc1)C1CCN(C(=O)/C=C/c2ccccc2)CC1. The first-order chi connectivity index (χ1) is 16.1. The average Bonchev–Trinajstić information content (AvgIpc) is 3.41. The molecule has 2 amide bonds. The highest BCUT2D eigenvalue weighted by atomic mass is 32.1. The van der Waals surface area contributed by atoms with Gasteiger partial charge in [0.05, 0.1) is 4.88 Å². The van der Waals surface area contributed by atoms with Gasteiger partial charge in [-0.25, -0.2) is 0 Å². The van der Waals surface area contributed by atoms with Crippen LogP contribution in [-0.2, 0) is 11.2 Å². The Balaban J connectivity index is 1.43. The van der Waals surface area contributed by atoms with Crippen LogP contribution in [0.2, 0.25) is 0 Å². The van der Waals surface area contributed by atoms with Crippen LogP contribution in [0.3, 0.4) is 0 Å². The van der Waals surface area contributed by atoms with Gasteiger partial charge in [0.15, 0.2) is 0 Å². The molecule has 1 saturated heterocycles. The van der Waals surface area contributed by atoms with E-state index in [4.69, 9.17) is 0 Å². The summed E-state index contributed by atoms with van der Waals surface area (Å²) >= 11 is 1.49. The number of hydrogen-bond acceptors (Lipinski definition) is 3. The van der Waals surface area contributed by atoms with Gasteiger partial charge in [-0.1, -0.05) is 66.7 Å². The number of nitrogens with zero attached hydrogens (tertiary/aromatic N) is 2. The van der Waals surface area contributed by atoms with E-state index < -0.39 is 0 Å². The van der Waals surface area contributed by atoms with Crippen LogP contribution >= 0.6 is 11.3 Å². The second-order valence-corrected chi connectivity index (χ2v) is 9.50. The Morgan fingerprint density at radius 3 is 2.30 bits per heavy atom. The Hall–Kier alpha value is -3.18. The lowest BCUT2D eigenvalue weighted by atomic mass is 9.85. The molecule has 1 fully saturated rings. The largest absolute Gasteiger partial charge is 0.339 e. The molecule has 3 aromatic rings. The molecular weight excluding hydrogens is 428 g/mol. The lowest BCUT2D eigenvalue weighted by molar-refractivity contribution is -0.127. The van der Waals surface area contributed by atoms with E-state index in [1.54, 1.807) is 6.08 Å². The zero-order chi connectivity index (χ0) is 23.0. The van der Waals surface area contributed by atoms with Crippen LogP contribution < -0.4 is 0 Å². The predicted octanol–water partition coefficient (Wildman–Crippen LogP) is 5.38. The average molecular weight is 459 g/mol. The summed E-state index contributed by atoms with van der Waals surface area (Å²) in [4.78, 5) is 30.5. The molecule has 1 aliphatic heterocycles. The van der Waals surface area contributed by atoms with E-state index in [9.17, 15) is 9.59 Å². The van der Waals surface area contributed by atoms with Gasteiger partial charge in [-0.15, -0.1) is 11.3 Å². The van der Waals surface area contributed by atoms with E-state index >= 15 is 0 Å². The van der Waals surface area contributed by atoms with Crippen LogP contribution in [0.1, 0.15) is 33.6 Å². The van der Waals surface area contributed by atoms with Gasteiger partial charge in [0, 0.05) is 32.3 Å². The highest BCUT2D eigenvalue weighted by molar-refractivity contribution is 7.12. The smallest absolute Gasteiger partial charge is 0.263 e. The van der Waals surface area contributed by atoms with E-state index in [-0.39, 0.29) is 17.9 Å². The fourth-order valence-corrected chi connectivity index (χ4v) is 5.25. The Morgan fingerprint density at radius 1 is 1.00 bits per heavy atom. The summed E-state index contributed by atoms with van der Waals surface area (Å²) < 4.78 is 0. The van der Waals surface area contributed by atoms with Crippen molar-refractivity contribution in [1.82, 2.24) is 9.80 Å². The monoisotopic (exact) mass is 458 g/mol. The van der Waals surface area contributed by atoms with Crippen molar-refractivity contribution in [2.75, 3.05) is 20.1 Å². The van der Waals surface area contributed by atoms with E-state index in [0.717, 1.165) is 42.8 Å². The normalized spacial score (nSPS) is 15.5. The summed E-state index contributed by atoms with van der Waals surface area (Å²) in [7, 11) is 1.93. The Bertz CT molecular complexity index is 1060. The number of hydrogen-bond donors (Lipinski definition) is 0. The highest BCUT2D eigenvalue weighted by Gasteiger charge is 2.33. The number of carbonyl (C=O) groups is 2. The lowest BCUT2D eigenvalue weighted by Crippen LogP contribution is -2.48. The van der Waals surface area contributed by atoms with Crippen molar-refractivity contribution < 1.29 is 9.59 Å². The minimum atomic E-state index is 0.0555. The second kappa shape index (κ2) is 11.1. The summed E-state index contributed by atoms with van der Waals surface area (Å²) in [6.07, 6.45) is 6.15. The molecule has 4 rings (SSSR count). The van der Waals surface area contributed by atoms with Gasteiger partial charge < -0.3 is 9.80 Å². The van der Waals surface area contributed by atoms with Crippen molar-refractivity contribution in [2.45, 2.75) is 25.3 Å². The maximum Gasteiger partial charge on any atom is 0.263 e. The van der Waals surface area contributed by atoms with Crippen molar-refractivity contribution in [1.29, 1.82) is 0 Å². The van der Waals surface area contributed by atoms with Gasteiger partial charge >= 0.3 is 0 Å².